The van der Waals surface area contributed by atoms with Crippen LogP contribution in [-0.4, -0.2) is 63.1 Å². The molecule has 0 N–H and O–H groups in total. The van der Waals surface area contributed by atoms with Crippen molar-refractivity contribution in [2.24, 2.45) is 0 Å². The van der Waals surface area contributed by atoms with E-state index < -0.39 is 43.6 Å². The molecular formula is C14H36Si8. The Hall–Kier alpha value is 1.74. The monoisotopic (exact) mass is 428 g/mol. The SMILES string of the molecule is C[Si](C)([Si])[Si](C)(C)[Si]12CC[Si]([Si](C)(C)[Si](C)(C)[Si])(CC1)CC2. The maximum absolute atomic E-state index is 4.33. The van der Waals surface area contributed by atoms with E-state index in [-0.39, 0.29) is 0 Å². The molecule has 0 aromatic rings. The highest BCUT2D eigenvalue weighted by Crippen LogP contribution is 2.56. The molecule has 0 nitrogen and oxygen atoms in total. The summed E-state index contributed by atoms with van der Waals surface area (Å²) in [4.78, 5) is 0. The summed E-state index contributed by atoms with van der Waals surface area (Å²) in [6.45, 7) is 21.7. The number of rotatable bonds is 4. The molecule has 0 spiro atoms. The number of fused-ring (bicyclic) bond motifs is 3. The van der Waals surface area contributed by atoms with E-state index in [2.05, 4.69) is 71.9 Å². The van der Waals surface area contributed by atoms with Crippen molar-refractivity contribution < 1.29 is 0 Å². The zero-order chi connectivity index (χ0) is 17.2. The van der Waals surface area contributed by atoms with Gasteiger partial charge in [-0.2, -0.15) is 0 Å². The first kappa shape index (κ1) is 20.1. The lowest BCUT2D eigenvalue weighted by Crippen LogP contribution is -2.81. The van der Waals surface area contributed by atoms with Crippen LogP contribution in [0.4, 0.5) is 0 Å². The van der Waals surface area contributed by atoms with Crippen molar-refractivity contribution in [3.8, 4) is 0 Å². The van der Waals surface area contributed by atoms with Crippen LogP contribution in [0.25, 0.3) is 0 Å². The summed E-state index contributed by atoms with van der Waals surface area (Å²) in [6.07, 6.45) is 0. The van der Waals surface area contributed by atoms with Gasteiger partial charge in [0.05, 0.1) is 0 Å². The third-order valence-corrected chi connectivity index (χ3v) is 105. The van der Waals surface area contributed by atoms with Crippen molar-refractivity contribution in [1.29, 1.82) is 0 Å². The van der Waals surface area contributed by atoms with Crippen molar-refractivity contribution in [3.05, 3.63) is 0 Å². The van der Waals surface area contributed by atoms with Gasteiger partial charge in [-0.15, -0.1) is 0 Å². The minimum atomic E-state index is -1.12. The van der Waals surface area contributed by atoms with Gasteiger partial charge < -0.3 is 0 Å². The minimum absolute atomic E-state index is 0.930. The fourth-order valence-corrected chi connectivity index (χ4v) is 95.7. The highest BCUT2D eigenvalue weighted by atomic mass is 29.8. The normalized spacial score (nSPS) is 34.1. The van der Waals surface area contributed by atoms with Crippen LogP contribution in [0.3, 0.4) is 0 Å². The Morgan fingerprint density at radius 3 is 0.818 bits per heavy atom. The maximum atomic E-state index is 4.33. The molecule has 3 aliphatic rings. The molecule has 0 amide bonds. The van der Waals surface area contributed by atoms with Crippen LogP contribution in [0.2, 0.25) is 88.6 Å². The first-order chi connectivity index (χ1) is 9.62. The molecule has 6 radical (unpaired) electrons. The second-order valence-electron chi connectivity index (χ2n) is 10.6. The predicted molar refractivity (Wildman–Crippen MR) is 122 cm³/mol. The molecule has 3 saturated heterocycles. The van der Waals surface area contributed by atoms with Crippen LogP contribution in [0, 0.1) is 0 Å². The molecule has 2 bridgehead atoms. The standard InChI is InChI=1S/C14H36Si8/c1-17(2,15)19(5,6)21-9-12-22(13-10-21,14-11-21)20(7,8)18(3,4)16/h9-14H2,1-8H3. The highest BCUT2D eigenvalue weighted by molar-refractivity contribution is 7.80. The molecule has 3 aliphatic heterocycles. The van der Waals surface area contributed by atoms with Gasteiger partial charge in [-0.05, 0) is 0 Å². The molecule has 0 unspecified atom stereocenters. The minimum Gasteiger partial charge on any atom is -0.0739 e. The van der Waals surface area contributed by atoms with Gasteiger partial charge in [0.25, 0.3) is 0 Å². The lowest BCUT2D eigenvalue weighted by molar-refractivity contribution is 1.02. The summed E-state index contributed by atoms with van der Waals surface area (Å²) >= 11 is 0. The first-order valence-electron chi connectivity index (χ1n) is 9.12. The summed E-state index contributed by atoms with van der Waals surface area (Å²) in [5.41, 5.74) is 0. The van der Waals surface area contributed by atoms with Crippen molar-refractivity contribution in [1.82, 2.24) is 0 Å². The van der Waals surface area contributed by atoms with Crippen molar-refractivity contribution in [3.63, 3.8) is 0 Å². The summed E-state index contributed by atoms with van der Waals surface area (Å²) in [5, 5.41) is 0. The molecule has 0 aromatic carbocycles. The largest absolute Gasteiger partial charge is 0.0739 e. The molecule has 3 fully saturated rings. The first-order valence-corrected chi connectivity index (χ1v) is 33.4. The fourth-order valence-electron chi connectivity index (χ4n) is 5.39. The Labute approximate surface area is 151 Å². The molecule has 3 rings (SSSR count). The highest BCUT2D eigenvalue weighted by Gasteiger charge is 2.65. The van der Waals surface area contributed by atoms with Crippen LogP contribution >= 0.6 is 0 Å². The molecule has 8 heteroatoms. The van der Waals surface area contributed by atoms with E-state index >= 15 is 0 Å². The van der Waals surface area contributed by atoms with Crippen LogP contribution in [0.15, 0.2) is 0 Å². The van der Waals surface area contributed by atoms with Crippen molar-refractivity contribution in [2.75, 3.05) is 0 Å². The number of hydrogen-bond acceptors (Lipinski definition) is 0. The third-order valence-electron chi connectivity index (χ3n) is 9.02. The fraction of sp³-hybridized carbons (Fsp3) is 1.00. The maximum Gasteiger partial charge on any atom is 0.0436 e. The molecule has 0 aromatic heterocycles. The van der Waals surface area contributed by atoms with Gasteiger partial charge in [0.15, 0.2) is 0 Å². The summed E-state index contributed by atoms with van der Waals surface area (Å²) in [7, 11) is 2.51. The van der Waals surface area contributed by atoms with Gasteiger partial charge >= 0.3 is 0 Å². The smallest absolute Gasteiger partial charge is 0.0436 e. The van der Waals surface area contributed by atoms with Gasteiger partial charge in [0.1, 0.15) is 0 Å². The average molecular weight is 429 g/mol. The molecule has 0 aliphatic carbocycles. The van der Waals surface area contributed by atoms with E-state index in [1.54, 1.807) is 36.3 Å². The van der Waals surface area contributed by atoms with Gasteiger partial charge in [0.2, 0.25) is 0 Å². The van der Waals surface area contributed by atoms with E-state index in [4.69, 9.17) is 0 Å². The van der Waals surface area contributed by atoms with E-state index in [0.29, 0.717) is 0 Å². The van der Waals surface area contributed by atoms with Gasteiger partial charge in [-0.1, -0.05) is 88.6 Å². The predicted octanol–water partition coefficient (Wildman–Crippen LogP) is 4.39. The second-order valence-corrected chi connectivity index (χ2v) is 74.0. The molecule has 22 heavy (non-hydrogen) atoms. The summed E-state index contributed by atoms with van der Waals surface area (Å²) in [5.74, 6) is 0. The Morgan fingerprint density at radius 2 is 0.682 bits per heavy atom. The molecule has 0 saturated carbocycles. The van der Waals surface area contributed by atoms with E-state index in [9.17, 15) is 0 Å². The lowest BCUT2D eigenvalue weighted by atomic mass is 10.8. The summed E-state index contributed by atoms with van der Waals surface area (Å²) < 4.78 is 0. The Balaban J connectivity index is 2.30. The molecule has 0 atom stereocenters. The van der Waals surface area contributed by atoms with Crippen LogP contribution in [0.1, 0.15) is 0 Å². The van der Waals surface area contributed by atoms with E-state index in [1.807, 2.05) is 0 Å². The van der Waals surface area contributed by atoms with Crippen molar-refractivity contribution >= 4 is 63.1 Å². The Bertz CT molecular complexity index is 376. The van der Waals surface area contributed by atoms with Crippen LogP contribution in [-0.2, 0) is 0 Å². The van der Waals surface area contributed by atoms with E-state index in [0.717, 1.165) is 0 Å². The zero-order valence-corrected chi connectivity index (χ0v) is 24.2. The zero-order valence-electron chi connectivity index (χ0n) is 16.2. The van der Waals surface area contributed by atoms with Crippen LogP contribution < -0.4 is 0 Å². The van der Waals surface area contributed by atoms with E-state index in [1.165, 1.54) is 0 Å². The average Bonchev–Trinajstić information content (AvgIpc) is 2.38. The second kappa shape index (κ2) is 5.62. The van der Waals surface area contributed by atoms with Crippen molar-refractivity contribution in [2.45, 2.75) is 88.6 Å². The third kappa shape index (κ3) is 2.71. The quantitative estimate of drug-likeness (QED) is 0.582. The molecule has 124 valence electrons. The lowest BCUT2D eigenvalue weighted by Gasteiger charge is -2.65. The molecule has 3 heterocycles. The van der Waals surface area contributed by atoms with Gasteiger partial charge in [-0.3, -0.25) is 0 Å². The Morgan fingerprint density at radius 1 is 0.500 bits per heavy atom. The molecular weight excluding hydrogens is 393 g/mol. The topological polar surface area (TPSA) is 0 Å². The Kier molecular flexibility index (Phi) is 5.12. The summed E-state index contributed by atoms with van der Waals surface area (Å²) in [6, 6.07) is 10.5. The number of hydrogen-bond donors (Lipinski definition) is 0. The van der Waals surface area contributed by atoms with Gasteiger partial charge in [0, 0.05) is 63.1 Å². The van der Waals surface area contributed by atoms with Crippen LogP contribution in [0.5, 0.6) is 0 Å². The van der Waals surface area contributed by atoms with Gasteiger partial charge in [-0.25, -0.2) is 0 Å².